The Bertz CT molecular complexity index is 171. The monoisotopic (exact) mass is 309 g/mol. The van der Waals surface area contributed by atoms with Crippen LogP contribution in [0.4, 0.5) is 0 Å². The normalized spacial score (nSPS) is 8.25. The van der Waals surface area contributed by atoms with Crippen LogP contribution in [0.2, 0.25) is 0 Å². The zero-order valence-corrected chi connectivity index (χ0v) is 12.2. The molecule has 0 heterocycles. The molecule has 0 aromatic carbocycles. The van der Waals surface area contributed by atoms with Crippen LogP contribution in [0.3, 0.4) is 0 Å². The minimum Gasteiger partial charge on any atom is -0.564 e. The van der Waals surface area contributed by atoms with Gasteiger partial charge in [0.25, 0.3) is 0 Å². The van der Waals surface area contributed by atoms with Gasteiger partial charge in [-0.15, -0.1) is 0 Å². The molecule has 0 aliphatic rings. The van der Waals surface area contributed by atoms with Crippen LogP contribution in [0.25, 0.3) is 0 Å². The first kappa shape index (κ1) is 21.4. The number of Topliss-reactive ketones (excluding diaryl/α,β-unsaturated/α-hetero) is 1. The van der Waals surface area contributed by atoms with E-state index in [-0.39, 0.29) is 51.5 Å². The van der Waals surface area contributed by atoms with E-state index in [2.05, 4.69) is 9.47 Å². The zero-order chi connectivity index (χ0) is 12.1. The number of aliphatic hydroxyl groups is 2. The molecule has 0 aromatic rings. The van der Waals surface area contributed by atoms with Crippen molar-refractivity contribution in [2.45, 2.75) is 13.3 Å². The molecule has 93 valence electrons. The van der Waals surface area contributed by atoms with E-state index in [0.717, 1.165) is 6.61 Å². The van der Waals surface area contributed by atoms with Gasteiger partial charge in [-0.1, -0.05) is 6.61 Å². The van der Waals surface area contributed by atoms with Crippen LogP contribution in [0, 0.1) is 13.2 Å². The van der Waals surface area contributed by atoms with Crippen molar-refractivity contribution in [1.29, 1.82) is 0 Å². The van der Waals surface area contributed by atoms with Crippen molar-refractivity contribution in [3.8, 4) is 0 Å². The molecule has 0 spiro atoms. The average Bonchev–Trinajstić information content (AvgIpc) is 2.16. The molecule has 2 N–H and O–H groups in total. The fourth-order valence-electron chi connectivity index (χ4n) is 0.459. The third kappa shape index (κ3) is 23.7. The second-order valence-electron chi connectivity index (χ2n) is 2.38. The molecule has 6 nitrogen and oxygen atoms in total. The molecule has 0 bridgehead atoms. The molecule has 0 amide bonds. The summed E-state index contributed by atoms with van der Waals surface area (Å²) in [6.45, 7) is 3.12. The number of aliphatic hydroxyl groups excluding tert-OH is 2. The van der Waals surface area contributed by atoms with Crippen molar-refractivity contribution in [2.75, 3.05) is 20.3 Å². The molecule has 0 aliphatic carbocycles. The summed E-state index contributed by atoms with van der Waals surface area (Å²) >= 11 is 0. The minimum atomic E-state index is -0.613. The number of carbonyl (C=O) groups is 2. The SMILES string of the molecule is CC(=O)CC(=O)OC[CH-]O.COC[CH-]O.[Y]. The Morgan fingerprint density at radius 2 is 1.69 bits per heavy atom. The number of hydrogen-bond donors (Lipinski definition) is 2. The number of ketones is 1. The molecular weight excluding hydrogens is 293 g/mol. The van der Waals surface area contributed by atoms with Crippen molar-refractivity contribution in [3.05, 3.63) is 13.2 Å². The van der Waals surface area contributed by atoms with Crippen LogP contribution < -0.4 is 0 Å². The van der Waals surface area contributed by atoms with Crippen molar-refractivity contribution in [1.82, 2.24) is 0 Å². The maximum atomic E-state index is 10.4. The fourth-order valence-corrected chi connectivity index (χ4v) is 0.459. The summed E-state index contributed by atoms with van der Waals surface area (Å²) in [5.74, 6) is -0.860. The first-order valence-electron chi connectivity index (χ1n) is 4.14. The maximum Gasteiger partial charge on any atom is 0.310 e. The number of esters is 1. The molecule has 0 unspecified atom stereocenters. The summed E-state index contributed by atoms with van der Waals surface area (Å²) < 4.78 is 8.72. The van der Waals surface area contributed by atoms with Crippen LogP contribution in [-0.2, 0) is 51.8 Å². The van der Waals surface area contributed by atoms with Gasteiger partial charge in [-0.2, -0.15) is 13.2 Å². The molecule has 0 atom stereocenters. The first-order chi connectivity index (χ1) is 7.08. The Morgan fingerprint density at radius 1 is 1.19 bits per heavy atom. The summed E-state index contributed by atoms with van der Waals surface area (Å²) in [6, 6.07) is 0. The fraction of sp³-hybridized carbons (Fsp3) is 0.556. The van der Waals surface area contributed by atoms with Crippen LogP contribution in [0.5, 0.6) is 0 Å². The second kappa shape index (κ2) is 17.5. The average molecular weight is 309 g/mol. The minimum absolute atomic E-state index is 0. The van der Waals surface area contributed by atoms with Crippen molar-refractivity contribution >= 4 is 11.8 Å². The van der Waals surface area contributed by atoms with E-state index >= 15 is 0 Å². The van der Waals surface area contributed by atoms with Gasteiger partial charge >= 0.3 is 5.97 Å². The van der Waals surface area contributed by atoms with Gasteiger partial charge in [-0.05, 0) is 13.5 Å². The predicted molar refractivity (Wildman–Crippen MR) is 50.6 cm³/mol. The first-order valence-corrected chi connectivity index (χ1v) is 4.14. The number of ether oxygens (including phenoxy) is 2. The maximum absolute atomic E-state index is 10.4. The summed E-state index contributed by atoms with van der Waals surface area (Å²) in [4.78, 5) is 20.7. The summed E-state index contributed by atoms with van der Waals surface area (Å²) in [5.41, 5.74) is 0. The van der Waals surface area contributed by atoms with E-state index in [1.54, 1.807) is 0 Å². The number of rotatable bonds is 6. The Hall–Kier alpha value is 0.124. The molecule has 7 heteroatoms. The van der Waals surface area contributed by atoms with Crippen LogP contribution in [0.1, 0.15) is 13.3 Å². The van der Waals surface area contributed by atoms with Gasteiger partial charge in [0.2, 0.25) is 0 Å². The quantitative estimate of drug-likeness (QED) is 0.414. The van der Waals surface area contributed by atoms with Crippen molar-refractivity contribution < 1.29 is 62.0 Å². The molecule has 0 aromatic heterocycles. The van der Waals surface area contributed by atoms with Gasteiger partial charge in [0, 0.05) is 39.8 Å². The van der Waals surface area contributed by atoms with Gasteiger partial charge in [0.05, 0.1) is 0 Å². The van der Waals surface area contributed by atoms with Gasteiger partial charge in [0.15, 0.2) is 0 Å². The third-order valence-electron chi connectivity index (χ3n) is 0.953. The number of carbonyl (C=O) groups excluding carboxylic acids is 2. The molecule has 0 rings (SSSR count). The third-order valence-corrected chi connectivity index (χ3v) is 0.953. The largest absolute Gasteiger partial charge is 0.564 e. The van der Waals surface area contributed by atoms with Gasteiger partial charge in [-0.25, -0.2) is 0 Å². The van der Waals surface area contributed by atoms with E-state index < -0.39 is 5.97 Å². The molecule has 0 aliphatic heterocycles. The van der Waals surface area contributed by atoms with E-state index in [4.69, 9.17) is 10.2 Å². The number of hydrogen-bond acceptors (Lipinski definition) is 6. The van der Waals surface area contributed by atoms with Gasteiger partial charge < -0.3 is 19.7 Å². The van der Waals surface area contributed by atoms with Crippen LogP contribution in [0.15, 0.2) is 0 Å². The summed E-state index contributed by atoms with van der Waals surface area (Å²) in [6.07, 6.45) is -0.228. The topological polar surface area (TPSA) is 93.1 Å². The molecular formula is C9H16O6Y-2. The van der Waals surface area contributed by atoms with Crippen molar-refractivity contribution in [2.24, 2.45) is 0 Å². The standard InChI is InChI=1S/C6H9O4.C3H7O2.Y/c1-5(8)4-6(9)10-3-2-7;1-5-3-2-4;/h2,7H,3-4H2,1H3;2,4H,3H2,1H3;/q2*-1;. The molecule has 1 radical (unpaired) electrons. The van der Waals surface area contributed by atoms with Gasteiger partial charge in [0.1, 0.15) is 12.2 Å². The predicted octanol–water partition coefficient (Wildman–Crippen LogP) is 0.208. The van der Waals surface area contributed by atoms with E-state index in [1.807, 2.05) is 0 Å². The second-order valence-corrected chi connectivity index (χ2v) is 2.38. The van der Waals surface area contributed by atoms with E-state index in [0.29, 0.717) is 13.2 Å². The Balaban J connectivity index is -0.000000242. The number of methoxy groups -OCH3 is 1. The molecule has 0 saturated carbocycles. The zero-order valence-electron chi connectivity index (χ0n) is 9.38. The Kier molecular flexibility index (Phi) is 23.4. The van der Waals surface area contributed by atoms with Gasteiger partial charge in [-0.3, -0.25) is 9.59 Å². The Labute approximate surface area is 120 Å². The molecule has 0 fully saturated rings. The van der Waals surface area contributed by atoms with Crippen LogP contribution >= 0.6 is 0 Å². The summed E-state index contributed by atoms with van der Waals surface area (Å²) in [7, 11) is 1.52. The summed E-state index contributed by atoms with van der Waals surface area (Å²) in [5, 5.41) is 15.9. The smallest absolute Gasteiger partial charge is 0.310 e. The Morgan fingerprint density at radius 3 is 1.94 bits per heavy atom. The van der Waals surface area contributed by atoms with Crippen LogP contribution in [-0.4, -0.2) is 42.3 Å². The van der Waals surface area contributed by atoms with E-state index in [9.17, 15) is 9.59 Å². The molecule has 0 saturated heterocycles. The van der Waals surface area contributed by atoms with E-state index in [1.165, 1.54) is 14.0 Å². The van der Waals surface area contributed by atoms with Crippen molar-refractivity contribution in [3.63, 3.8) is 0 Å². The molecule has 16 heavy (non-hydrogen) atoms.